The number of rotatable bonds is 5. The molecule has 0 unspecified atom stereocenters. The minimum absolute atomic E-state index is 0.0113. The molecule has 127 valence electrons. The average Bonchev–Trinajstić information content (AvgIpc) is 3.17. The molecule has 24 heavy (non-hydrogen) atoms. The lowest BCUT2D eigenvalue weighted by molar-refractivity contribution is -0.115. The molecule has 3 rings (SSSR count). The molecule has 0 aliphatic heterocycles. The maximum atomic E-state index is 12.2. The molecule has 1 heterocycles. The fourth-order valence-corrected chi connectivity index (χ4v) is 3.96. The van der Waals surface area contributed by atoms with Gasteiger partial charge < -0.3 is 5.32 Å². The van der Waals surface area contributed by atoms with Gasteiger partial charge in [-0.2, -0.15) is 5.10 Å². The number of H-pyrrole nitrogens is 1. The molecule has 2 aromatic rings. The predicted octanol–water partition coefficient (Wildman–Crippen LogP) is 2.47. The summed E-state index contributed by atoms with van der Waals surface area (Å²) < 4.78 is 23.6. The number of carbonyl (C=O) groups is 1. The molecule has 1 aromatic heterocycles. The Bertz CT molecular complexity index is 836. The molecular weight excluding hydrogens is 326 g/mol. The monoisotopic (exact) mass is 346 g/mol. The highest BCUT2D eigenvalue weighted by molar-refractivity contribution is 7.90. The van der Waals surface area contributed by atoms with Crippen molar-refractivity contribution in [1.29, 1.82) is 0 Å². The van der Waals surface area contributed by atoms with E-state index in [2.05, 4.69) is 21.9 Å². The third kappa shape index (κ3) is 3.84. The zero-order valence-corrected chi connectivity index (χ0v) is 14.3. The lowest BCUT2D eigenvalue weighted by Crippen LogP contribution is -2.16. The largest absolute Gasteiger partial charge is 0.309 e. The first-order valence-corrected chi connectivity index (χ1v) is 9.77. The molecule has 0 bridgehead atoms. The Labute approximate surface area is 141 Å². The topological polar surface area (TPSA) is 91.9 Å². The van der Waals surface area contributed by atoms with Crippen molar-refractivity contribution in [2.45, 2.75) is 36.5 Å². The summed E-state index contributed by atoms with van der Waals surface area (Å²) in [4.78, 5) is 12.4. The summed E-state index contributed by atoms with van der Waals surface area (Å²) >= 11 is 0. The molecule has 1 fully saturated rings. The van der Waals surface area contributed by atoms with Crippen LogP contribution in [-0.4, -0.2) is 30.8 Å². The van der Waals surface area contributed by atoms with Gasteiger partial charge in [-0.15, -0.1) is 0 Å². The van der Waals surface area contributed by atoms with E-state index >= 15 is 0 Å². The Hall–Kier alpha value is -2.15. The van der Waals surface area contributed by atoms with E-state index in [1.807, 2.05) is 6.07 Å². The molecule has 1 atom stereocenters. The second-order valence-electron chi connectivity index (χ2n) is 6.11. The molecule has 1 amide bonds. The van der Waals surface area contributed by atoms with Crippen LogP contribution < -0.4 is 5.32 Å². The van der Waals surface area contributed by atoms with Crippen LogP contribution in [0.3, 0.4) is 0 Å². The molecule has 6 nitrogen and oxygen atoms in total. The van der Waals surface area contributed by atoms with Gasteiger partial charge in [0.1, 0.15) is 0 Å². The minimum atomic E-state index is -3.36. The zero-order valence-electron chi connectivity index (χ0n) is 13.5. The number of carbonyl (C=O) groups excluding carboxylic acids is 1. The van der Waals surface area contributed by atoms with Crippen LogP contribution in [0.15, 0.2) is 35.2 Å². The smallest absolute Gasteiger partial charge is 0.230 e. The van der Waals surface area contributed by atoms with E-state index in [4.69, 9.17) is 0 Å². The average molecular weight is 346 g/mol. The Kier molecular flexibility index (Phi) is 4.71. The van der Waals surface area contributed by atoms with Crippen LogP contribution >= 0.6 is 0 Å². The third-order valence-electron chi connectivity index (χ3n) is 4.20. The van der Waals surface area contributed by atoms with Crippen molar-refractivity contribution in [3.63, 3.8) is 0 Å². The van der Waals surface area contributed by atoms with Crippen LogP contribution in [0, 0.1) is 6.42 Å². The number of amides is 1. The number of aromatic nitrogens is 2. The van der Waals surface area contributed by atoms with Crippen LogP contribution in [0.1, 0.15) is 36.4 Å². The lowest BCUT2D eigenvalue weighted by atomic mass is 10.0. The number of benzene rings is 1. The summed E-state index contributed by atoms with van der Waals surface area (Å²) in [6, 6.07) is 8.39. The zero-order chi connectivity index (χ0) is 17.2. The van der Waals surface area contributed by atoms with Gasteiger partial charge in [-0.1, -0.05) is 18.2 Å². The quantitative estimate of drug-likeness (QED) is 0.870. The van der Waals surface area contributed by atoms with Crippen molar-refractivity contribution >= 4 is 21.6 Å². The van der Waals surface area contributed by atoms with Gasteiger partial charge in [-0.05, 0) is 37.3 Å². The van der Waals surface area contributed by atoms with E-state index in [-0.39, 0.29) is 17.2 Å². The number of aromatic amines is 1. The highest BCUT2D eigenvalue weighted by Crippen LogP contribution is 2.33. The van der Waals surface area contributed by atoms with Gasteiger partial charge in [0.05, 0.1) is 11.3 Å². The molecular formula is C17H20N3O3S. The fourth-order valence-electron chi connectivity index (χ4n) is 3.02. The summed E-state index contributed by atoms with van der Waals surface area (Å²) in [5, 5.41) is 9.82. The normalized spacial score (nSPS) is 15.5. The van der Waals surface area contributed by atoms with Crippen LogP contribution in [0.25, 0.3) is 0 Å². The summed E-state index contributed by atoms with van der Waals surface area (Å²) in [6.07, 6.45) is 6.61. The van der Waals surface area contributed by atoms with Gasteiger partial charge in [0, 0.05) is 23.9 Å². The van der Waals surface area contributed by atoms with Crippen LogP contribution in [-0.2, 0) is 21.1 Å². The van der Waals surface area contributed by atoms with Gasteiger partial charge >= 0.3 is 0 Å². The number of sulfone groups is 1. The van der Waals surface area contributed by atoms with E-state index in [0.717, 1.165) is 31.2 Å². The second-order valence-corrected chi connectivity index (χ2v) is 8.10. The van der Waals surface area contributed by atoms with E-state index in [1.54, 1.807) is 18.2 Å². The van der Waals surface area contributed by atoms with Gasteiger partial charge in [0.15, 0.2) is 15.7 Å². The summed E-state index contributed by atoms with van der Waals surface area (Å²) in [7, 11) is -3.36. The number of anilines is 1. The van der Waals surface area contributed by atoms with Crippen molar-refractivity contribution in [2.75, 3.05) is 11.6 Å². The first-order chi connectivity index (χ1) is 11.4. The first kappa shape index (κ1) is 16.7. The van der Waals surface area contributed by atoms with Crippen molar-refractivity contribution in [1.82, 2.24) is 10.2 Å². The highest BCUT2D eigenvalue weighted by Gasteiger charge is 2.20. The van der Waals surface area contributed by atoms with Crippen LogP contribution in [0.5, 0.6) is 0 Å². The third-order valence-corrected chi connectivity index (χ3v) is 5.40. The summed E-state index contributed by atoms with van der Waals surface area (Å²) in [6.45, 7) is 0. The fraction of sp³-hybridized carbons (Fsp3) is 0.353. The lowest BCUT2D eigenvalue weighted by Gasteiger charge is -2.07. The number of hydrogen-bond donors (Lipinski definition) is 2. The van der Waals surface area contributed by atoms with Crippen molar-refractivity contribution in [3.8, 4) is 0 Å². The number of nitrogens with zero attached hydrogens (tertiary/aromatic N) is 1. The van der Waals surface area contributed by atoms with Gasteiger partial charge in [0.2, 0.25) is 5.91 Å². The molecule has 1 radical (unpaired) electrons. The van der Waals surface area contributed by atoms with E-state index in [0.29, 0.717) is 17.3 Å². The predicted molar refractivity (Wildman–Crippen MR) is 91.4 cm³/mol. The Balaban J connectivity index is 1.68. The maximum absolute atomic E-state index is 12.2. The molecule has 1 saturated carbocycles. The van der Waals surface area contributed by atoms with Gasteiger partial charge in [-0.3, -0.25) is 9.89 Å². The second kappa shape index (κ2) is 6.76. The summed E-state index contributed by atoms with van der Waals surface area (Å²) in [5.74, 6) is 0.620. The molecule has 1 aliphatic carbocycles. The number of hydrogen-bond acceptors (Lipinski definition) is 4. The van der Waals surface area contributed by atoms with Gasteiger partial charge in [0.25, 0.3) is 0 Å². The Morgan fingerprint density at radius 2 is 2.17 bits per heavy atom. The standard InChI is InChI=1S/C17H20N3O3S/c1-24(22,23)15-9-5-4-8-13(15)10-17(21)18-16-11-14(19-20-16)12-6-2-3-7-12/h2,4-5,8-9,11-12H,3,6-7,10H2,1H3,(H2,18,19,20,21)/t12-/m0/s1. The highest BCUT2D eigenvalue weighted by atomic mass is 32.2. The van der Waals surface area contributed by atoms with Crippen molar-refractivity contribution in [2.24, 2.45) is 0 Å². The van der Waals surface area contributed by atoms with E-state index in [1.165, 1.54) is 6.07 Å². The SMILES string of the molecule is CS(=O)(=O)c1ccccc1CC(=O)Nc1cc([C@H]2C[CH]CC2)[nH]n1. The summed E-state index contributed by atoms with van der Waals surface area (Å²) in [5.41, 5.74) is 1.51. The van der Waals surface area contributed by atoms with Crippen molar-refractivity contribution in [3.05, 3.63) is 48.0 Å². The molecule has 7 heteroatoms. The molecule has 1 aromatic carbocycles. The Morgan fingerprint density at radius 1 is 1.38 bits per heavy atom. The number of nitrogens with one attached hydrogen (secondary N) is 2. The van der Waals surface area contributed by atoms with Gasteiger partial charge in [-0.25, -0.2) is 8.42 Å². The van der Waals surface area contributed by atoms with Crippen molar-refractivity contribution < 1.29 is 13.2 Å². The molecule has 0 spiro atoms. The Morgan fingerprint density at radius 3 is 2.88 bits per heavy atom. The van der Waals surface area contributed by atoms with E-state index in [9.17, 15) is 13.2 Å². The molecule has 0 saturated heterocycles. The first-order valence-electron chi connectivity index (χ1n) is 7.88. The molecule has 1 aliphatic rings. The van der Waals surface area contributed by atoms with E-state index < -0.39 is 9.84 Å². The van der Waals surface area contributed by atoms with Crippen LogP contribution in [0.2, 0.25) is 0 Å². The minimum Gasteiger partial charge on any atom is -0.309 e. The maximum Gasteiger partial charge on any atom is 0.230 e. The van der Waals surface area contributed by atoms with Crippen LogP contribution in [0.4, 0.5) is 5.82 Å². The molecule has 2 N–H and O–H groups in total.